The number of nitrogens with one attached hydrogen (secondary N) is 2. The summed E-state index contributed by atoms with van der Waals surface area (Å²) in [5.74, 6) is -0.0452. The zero-order valence-corrected chi connectivity index (χ0v) is 12.5. The van der Waals surface area contributed by atoms with Crippen LogP contribution in [0.1, 0.15) is 5.56 Å². The summed E-state index contributed by atoms with van der Waals surface area (Å²) in [5, 5.41) is 6.04. The number of hydrogen-bond acceptors (Lipinski definition) is 4. The summed E-state index contributed by atoms with van der Waals surface area (Å²) in [4.78, 5) is 13.0. The lowest BCUT2D eigenvalue weighted by molar-refractivity contribution is -0.134. The summed E-state index contributed by atoms with van der Waals surface area (Å²) in [7, 11) is 0. The maximum Gasteiger partial charge on any atom is 0.250 e. The van der Waals surface area contributed by atoms with Crippen molar-refractivity contribution in [1.82, 2.24) is 10.6 Å². The molecular formula is C13H19ClN2O2S. The molecule has 1 saturated heterocycles. The molecule has 0 spiro atoms. The van der Waals surface area contributed by atoms with Crippen LogP contribution in [0.4, 0.5) is 0 Å². The van der Waals surface area contributed by atoms with Gasteiger partial charge in [-0.2, -0.15) is 0 Å². The minimum Gasteiger partial charge on any atom is -0.366 e. The molecule has 0 radical (unpaired) electrons. The summed E-state index contributed by atoms with van der Waals surface area (Å²) in [5.41, 5.74) is 1.10. The number of benzene rings is 1. The van der Waals surface area contributed by atoms with Crippen LogP contribution in [-0.4, -0.2) is 38.0 Å². The molecule has 0 aromatic heterocycles. The molecule has 2 rings (SSSR count). The van der Waals surface area contributed by atoms with Crippen molar-refractivity contribution >= 4 is 30.1 Å². The Balaban J connectivity index is 0.00000180. The summed E-state index contributed by atoms with van der Waals surface area (Å²) in [6, 6.07) is 8.19. The highest BCUT2D eigenvalue weighted by Crippen LogP contribution is 2.14. The first-order chi connectivity index (χ1) is 8.79. The highest BCUT2D eigenvalue weighted by molar-refractivity contribution is 7.98. The molecular weight excluding hydrogens is 284 g/mol. The average molecular weight is 303 g/mol. The van der Waals surface area contributed by atoms with Gasteiger partial charge in [0.15, 0.2) is 0 Å². The fourth-order valence-electron chi connectivity index (χ4n) is 1.78. The van der Waals surface area contributed by atoms with E-state index in [2.05, 4.69) is 22.8 Å². The van der Waals surface area contributed by atoms with Gasteiger partial charge in [0, 0.05) is 24.5 Å². The van der Waals surface area contributed by atoms with E-state index in [0.29, 0.717) is 19.7 Å². The van der Waals surface area contributed by atoms with E-state index in [-0.39, 0.29) is 24.4 Å². The van der Waals surface area contributed by atoms with Gasteiger partial charge in [0.25, 0.3) is 5.91 Å². The van der Waals surface area contributed by atoms with Crippen LogP contribution >= 0.6 is 24.2 Å². The molecule has 1 atom stereocenters. The molecule has 0 saturated carbocycles. The van der Waals surface area contributed by atoms with E-state index in [0.717, 1.165) is 12.1 Å². The molecule has 4 nitrogen and oxygen atoms in total. The van der Waals surface area contributed by atoms with E-state index >= 15 is 0 Å². The molecule has 6 heteroatoms. The monoisotopic (exact) mass is 302 g/mol. The summed E-state index contributed by atoms with van der Waals surface area (Å²) in [6.07, 6.45) is 1.69. The molecule has 1 heterocycles. The Labute approximate surface area is 124 Å². The molecule has 1 unspecified atom stereocenters. The molecule has 1 amide bonds. The molecule has 106 valence electrons. The van der Waals surface area contributed by atoms with E-state index in [1.165, 1.54) is 4.90 Å². The van der Waals surface area contributed by atoms with Crippen molar-refractivity contribution in [2.75, 3.05) is 26.0 Å². The first-order valence-electron chi connectivity index (χ1n) is 6.02. The number of ether oxygens (including phenoxy) is 1. The highest BCUT2D eigenvalue weighted by Gasteiger charge is 2.20. The minimum atomic E-state index is -0.357. The van der Waals surface area contributed by atoms with Crippen LogP contribution in [0, 0.1) is 0 Å². The predicted molar refractivity (Wildman–Crippen MR) is 79.9 cm³/mol. The van der Waals surface area contributed by atoms with E-state index in [1.807, 2.05) is 18.4 Å². The molecule has 0 bridgehead atoms. The molecule has 1 aliphatic rings. The normalized spacial score (nSPS) is 18.5. The number of thioether (sulfide) groups is 1. The van der Waals surface area contributed by atoms with E-state index < -0.39 is 0 Å². The van der Waals surface area contributed by atoms with Gasteiger partial charge in [0.1, 0.15) is 6.10 Å². The Morgan fingerprint density at radius 2 is 2.21 bits per heavy atom. The van der Waals surface area contributed by atoms with Crippen molar-refractivity contribution in [3.63, 3.8) is 0 Å². The Morgan fingerprint density at radius 1 is 1.47 bits per heavy atom. The maximum absolute atomic E-state index is 11.8. The SMILES string of the molecule is CSc1ccc(CNC(=O)C2CNCCO2)cc1.Cl. The van der Waals surface area contributed by atoms with Crippen molar-refractivity contribution in [2.45, 2.75) is 17.5 Å². The van der Waals surface area contributed by atoms with Crippen LogP contribution < -0.4 is 10.6 Å². The lowest BCUT2D eigenvalue weighted by Crippen LogP contribution is -2.47. The Bertz CT molecular complexity index is 394. The largest absolute Gasteiger partial charge is 0.366 e. The van der Waals surface area contributed by atoms with Gasteiger partial charge in [-0.3, -0.25) is 4.79 Å². The summed E-state index contributed by atoms with van der Waals surface area (Å²) in [6.45, 7) is 2.56. The predicted octanol–water partition coefficient (Wildman–Crippen LogP) is 1.43. The molecule has 2 N–H and O–H groups in total. The quantitative estimate of drug-likeness (QED) is 0.826. The third-order valence-electron chi connectivity index (χ3n) is 2.85. The van der Waals surface area contributed by atoms with Gasteiger partial charge in [-0.25, -0.2) is 0 Å². The third kappa shape index (κ3) is 5.03. The van der Waals surface area contributed by atoms with E-state index in [1.54, 1.807) is 11.8 Å². The summed E-state index contributed by atoms with van der Waals surface area (Å²) >= 11 is 1.71. The van der Waals surface area contributed by atoms with Gasteiger partial charge in [0.05, 0.1) is 6.61 Å². The smallest absolute Gasteiger partial charge is 0.250 e. The number of hydrogen-bond donors (Lipinski definition) is 2. The second-order valence-electron chi connectivity index (χ2n) is 4.13. The standard InChI is InChI=1S/C13H18N2O2S.ClH/c1-18-11-4-2-10(3-5-11)8-15-13(16)12-9-14-6-7-17-12;/h2-5,12,14H,6-9H2,1H3,(H,15,16);1H. The Morgan fingerprint density at radius 3 is 2.79 bits per heavy atom. The molecule has 1 aromatic rings. The van der Waals surface area contributed by atoms with E-state index in [9.17, 15) is 4.79 Å². The first kappa shape index (κ1) is 16.3. The second-order valence-corrected chi connectivity index (χ2v) is 5.01. The molecule has 1 aliphatic heterocycles. The fraction of sp³-hybridized carbons (Fsp3) is 0.462. The van der Waals surface area contributed by atoms with Crippen molar-refractivity contribution in [3.05, 3.63) is 29.8 Å². The average Bonchev–Trinajstić information content (AvgIpc) is 2.46. The summed E-state index contributed by atoms with van der Waals surface area (Å²) < 4.78 is 5.39. The van der Waals surface area contributed by atoms with E-state index in [4.69, 9.17) is 4.74 Å². The maximum atomic E-state index is 11.8. The van der Waals surface area contributed by atoms with Crippen LogP contribution in [-0.2, 0) is 16.1 Å². The molecule has 0 aliphatic carbocycles. The van der Waals surface area contributed by atoms with Crippen LogP contribution in [0.15, 0.2) is 29.2 Å². The molecule has 19 heavy (non-hydrogen) atoms. The Hall–Kier alpha value is -0.750. The van der Waals surface area contributed by atoms with Crippen molar-refractivity contribution < 1.29 is 9.53 Å². The van der Waals surface area contributed by atoms with Crippen LogP contribution in [0.25, 0.3) is 0 Å². The lowest BCUT2D eigenvalue weighted by atomic mass is 10.2. The number of amides is 1. The number of halogens is 1. The Kier molecular flexibility index (Phi) is 7.23. The second kappa shape index (κ2) is 8.43. The minimum absolute atomic E-state index is 0. The van der Waals surface area contributed by atoms with Crippen LogP contribution in [0.2, 0.25) is 0 Å². The van der Waals surface area contributed by atoms with Crippen molar-refractivity contribution in [3.8, 4) is 0 Å². The number of carbonyl (C=O) groups excluding carboxylic acids is 1. The highest BCUT2D eigenvalue weighted by atomic mass is 35.5. The van der Waals surface area contributed by atoms with Gasteiger partial charge in [-0.1, -0.05) is 12.1 Å². The third-order valence-corrected chi connectivity index (χ3v) is 3.59. The lowest BCUT2D eigenvalue weighted by Gasteiger charge is -2.22. The first-order valence-corrected chi connectivity index (χ1v) is 7.25. The molecule has 1 aromatic carbocycles. The van der Waals surface area contributed by atoms with Gasteiger partial charge in [-0.15, -0.1) is 24.2 Å². The van der Waals surface area contributed by atoms with Crippen LogP contribution in [0.3, 0.4) is 0 Å². The van der Waals surface area contributed by atoms with Crippen molar-refractivity contribution in [2.24, 2.45) is 0 Å². The van der Waals surface area contributed by atoms with Gasteiger partial charge >= 0.3 is 0 Å². The zero-order valence-electron chi connectivity index (χ0n) is 10.8. The zero-order chi connectivity index (χ0) is 12.8. The van der Waals surface area contributed by atoms with Gasteiger partial charge < -0.3 is 15.4 Å². The number of rotatable bonds is 4. The topological polar surface area (TPSA) is 50.4 Å². The molecule has 1 fully saturated rings. The van der Waals surface area contributed by atoms with Crippen LogP contribution in [0.5, 0.6) is 0 Å². The van der Waals surface area contributed by atoms with Gasteiger partial charge in [-0.05, 0) is 24.0 Å². The number of morpholine rings is 1. The van der Waals surface area contributed by atoms with Gasteiger partial charge in [0.2, 0.25) is 0 Å². The fourth-order valence-corrected chi connectivity index (χ4v) is 2.19. The number of carbonyl (C=O) groups is 1. The van der Waals surface area contributed by atoms with Crippen molar-refractivity contribution in [1.29, 1.82) is 0 Å².